The summed E-state index contributed by atoms with van der Waals surface area (Å²) < 4.78 is 16.4. The van der Waals surface area contributed by atoms with Crippen LogP contribution in [0.2, 0.25) is 0 Å². The molecule has 4 rings (SSSR count). The number of aryl methyl sites for hydroxylation is 1. The number of carbonyl (C=O) groups is 1. The average Bonchev–Trinajstić information content (AvgIpc) is 3.08. The van der Waals surface area contributed by atoms with Crippen LogP contribution in [0.1, 0.15) is 15.4 Å². The highest BCUT2D eigenvalue weighted by Gasteiger charge is 2.10. The molecule has 1 aromatic heterocycles. The fourth-order valence-corrected chi connectivity index (χ4v) is 4.38. The molecule has 1 atom stereocenters. The number of hydrogen-bond donors (Lipinski definition) is 2. The van der Waals surface area contributed by atoms with Gasteiger partial charge in [0.15, 0.2) is 0 Å². The van der Waals surface area contributed by atoms with E-state index in [0.29, 0.717) is 16.1 Å². The molecule has 1 amide bonds. The number of hydrogen-bond acceptors (Lipinski definition) is 4. The van der Waals surface area contributed by atoms with E-state index in [9.17, 15) is 9.00 Å². The Bertz CT molecular complexity index is 1160. The highest BCUT2D eigenvalue weighted by Crippen LogP contribution is 2.23. The van der Waals surface area contributed by atoms with Gasteiger partial charge in [0.2, 0.25) is 0 Å². The Morgan fingerprint density at radius 2 is 1.71 bits per heavy atom. The quantitative estimate of drug-likeness (QED) is 0.489. The summed E-state index contributed by atoms with van der Waals surface area (Å²) in [7, 11) is -1.37. The Balaban J connectivity index is 1.44. The number of aromatic nitrogens is 1. The van der Waals surface area contributed by atoms with E-state index in [1.54, 1.807) is 47.7 Å². The molecule has 0 bridgehead atoms. The Morgan fingerprint density at radius 1 is 0.964 bits per heavy atom. The highest BCUT2D eigenvalue weighted by atomic mass is 32.2. The van der Waals surface area contributed by atoms with E-state index in [1.165, 1.54) is 0 Å². The number of nitrogens with zero attached hydrogens (tertiary/aromatic N) is 1. The molecule has 28 heavy (non-hydrogen) atoms. The van der Waals surface area contributed by atoms with Crippen LogP contribution < -0.4 is 10.0 Å². The number of thiazole rings is 1. The third-order valence-corrected chi connectivity index (χ3v) is 6.14. The molecule has 1 heterocycles. The topological polar surface area (TPSA) is 71.1 Å². The molecule has 5 nitrogen and oxygen atoms in total. The van der Waals surface area contributed by atoms with Gasteiger partial charge in [-0.1, -0.05) is 18.2 Å². The molecule has 0 aliphatic rings. The smallest absolute Gasteiger partial charge is 0.255 e. The van der Waals surface area contributed by atoms with Gasteiger partial charge < -0.3 is 10.0 Å². The van der Waals surface area contributed by atoms with Crippen LogP contribution in [-0.4, -0.2) is 15.1 Å². The van der Waals surface area contributed by atoms with Gasteiger partial charge in [-0.15, -0.1) is 11.3 Å². The number of amides is 1. The maximum atomic E-state index is 12.5. The first-order chi connectivity index (χ1) is 13.6. The summed E-state index contributed by atoms with van der Waals surface area (Å²) in [6, 6.07) is 21.8. The van der Waals surface area contributed by atoms with Crippen LogP contribution in [0, 0.1) is 6.92 Å². The third kappa shape index (κ3) is 4.11. The van der Waals surface area contributed by atoms with Crippen molar-refractivity contribution in [1.82, 2.24) is 4.98 Å². The summed E-state index contributed by atoms with van der Waals surface area (Å²) >= 11 is 1.60. The molecule has 4 aromatic rings. The number of nitrogens with one attached hydrogen (secondary N) is 2. The van der Waals surface area contributed by atoms with Gasteiger partial charge in [0, 0.05) is 16.9 Å². The molecule has 3 aromatic carbocycles. The zero-order chi connectivity index (χ0) is 19.5. The lowest BCUT2D eigenvalue weighted by atomic mass is 10.2. The molecule has 2 N–H and O–H groups in total. The predicted octanol–water partition coefficient (Wildman–Crippen LogP) is 4.99. The number of para-hydroxylation sites is 1. The zero-order valence-corrected chi connectivity index (χ0v) is 16.6. The van der Waals surface area contributed by atoms with Crippen LogP contribution in [0.15, 0.2) is 77.7 Å². The van der Waals surface area contributed by atoms with Crippen molar-refractivity contribution in [3.05, 3.63) is 83.4 Å². The Labute approximate surface area is 169 Å². The minimum absolute atomic E-state index is 0.205. The number of fused-ring (bicyclic) bond motifs is 1. The lowest BCUT2D eigenvalue weighted by molar-refractivity contribution is 0.102. The fraction of sp³-hybridized carbons (Fsp3) is 0.0476. The Kier molecular flexibility index (Phi) is 5.18. The van der Waals surface area contributed by atoms with Crippen molar-refractivity contribution in [1.29, 1.82) is 0 Å². The SMILES string of the molecule is Cc1nc2cc(C(=O)Nc3ccc(S(=O)Nc4ccccc4)cc3)ccc2s1. The van der Waals surface area contributed by atoms with E-state index in [0.717, 1.165) is 20.9 Å². The largest absolute Gasteiger partial charge is 0.322 e. The molecule has 0 radical (unpaired) electrons. The monoisotopic (exact) mass is 407 g/mol. The van der Waals surface area contributed by atoms with Crippen LogP contribution in [0.4, 0.5) is 11.4 Å². The predicted molar refractivity (Wildman–Crippen MR) is 115 cm³/mol. The van der Waals surface area contributed by atoms with E-state index < -0.39 is 11.0 Å². The van der Waals surface area contributed by atoms with Gasteiger partial charge in [-0.2, -0.15) is 0 Å². The van der Waals surface area contributed by atoms with E-state index in [-0.39, 0.29) is 5.91 Å². The first-order valence-corrected chi connectivity index (χ1v) is 10.6. The van der Waals surface area contributed by atoms with E-state index in [4.69, 9.17) is 0 Å². The summed E-state index contributed by atoms with van der Waals surface area (Å²) in [5.74, 6) is -0.205. The van der Waals surface area contributed by atoms with Crippen LogP contribution in [0.25, 0.3) is 10.2 Å². The second-order valence-corrected chi connectivity index (χ2v) is 8.58. The summed E-state index contributed by atoms with van der Waals surface area (Å²) in [6.07, 6.45) is 0. The van der Waals surface area contributed by atoms with Gasteiger partial charge in [-0.3, -0.25) is 4.79 Å². The van der Waals surface area contributed by atoms with Crippen molar-refractivity contribution in [2.45, 2.75) is 11.8 Å². The van der Waals surface area contributed by atoms with Gasteiger partial charge in [0.25, 0.3) is 5.91 Å². The lowest BCUT2D eigenvalue weighted by Gasteiger charge is -2.08. The molecule has 0 spiro atoms. The molecular formula is C21H17N3O2S2. The number of carbonyl (C=O) groups excluding carboxylic acids is 1. The van der Waals surface area contributed by atoms with Gasteiger partial charge in [0.1, 0.15) is 11.0 Å². The number of anilines is 2. The van der Waals surface area contributed by atoms with Gasteiger partial charge in [0.05, 0.1) is 20.1 Å². The second kappa shape index (κ2) is 7.92. The summed E-state index contributed by atoms with van der Waals surface area (Å²) in [5.41, 5.74) is 2.80. The Morgan fingerprint density at radius 3 is 2.46 bits per heavy atom. The van der Waals surface area contributed by atoms with Crippen molar-refractivity contribution in [3.8, 4) is 0 Å². The number of benzene rings is 3. The van der Waals surface area contributed by atoms with Gasteiger partial charge >= 0.3 is 0 Å². The molecule has 0 saturated heterocycles. The minimum Gasteiger partial charge on any atom is -0.322 e. The summed E-state index contributed by atoms with van der Waals surface area (Å²) in [4.78, 5) is 17.6. The van der Waals surface area contributed by atoms with E-state index >= 15 is 0 Å². The van der Waals surface area contributed by atoms with E-state index in [2.05, 4.69) is 15.0 Å². The van der Waals surface area contributed by atoms with Crippen LogP contribution >= 0.6 is 11.3 Å². The molecule has 7 heteroatoms. The maximum absolute atomic E-state index is 12.5. The molecule has 0 fully saturated rings. The molecular weight excluding hydrogens is 390 g/mol. The first-order valence-electron chi connectivity index (χ1n) is 8.60. The van der Waals surface area contributed by atoms with E-state index in [1.807, 2.05) is 43.3 Å². The summed E-state index contributed by atoms with van der Waals surface area (Å²) in [5, 5.41) is 3.84. The standard InChI is InChI=1S/C21H17N3O2S2/c1-14-22-19-13-15(7-12-20(19)27-14)21(25)23-16-8-10-18(11-9-16)28(26)24-17-5-3-2-4-6-17/h2-13,24H,1H3,(H,23,25). The minimum atomic E-state index is -1.37. The van der Waals surface area contributed by atoms with Gasteiger partial charge in [-0.05, 0) is 61.5 Å². The zero-order valence-electron chi connectivity index (χ0n) is 15.0. The molecule has 0 aliphatic carbocycles. The average molecular weight is 408 g/mol. The van der Waals surface area contributed by atoms with Crippen molar-refractivity contribution >= 4 is 49.8 Å². The Hall–Kier alpha value is -3.03. The van der Waals surface area contributed by atoms with Crippen molar-refractivity contribution < 1.29 is 9.00 Å². The highest BCUT2D eigenvalue weighted by molar-refractivity contribution is 7.86. The fourth-order valence-electron chi connectivity index (χ4n) is 2.72. The van der Waals surface area contributed by atoms with Gasteiger partial charge in [-0.25, -0.2) is 9.19 Å². The molecule has 0 saturated carbocycles. The van der Waals surface area contributed by atoms with Crippen molar-refractivity contribution in [2.75, 3.05) is 10.0 Å². The number of rotatable bonds is 5. The van der Waals surface area contributed by atoms with Crippen molar-refractivity contribution in [3.63, 3.8) is 0 Å². The maximum Gasteiger partial charge on any atom is 0.255 e. The van der Waals surface area contributed by atoms with Crippen molar-refractivity contribution in [2.24, 2.45) is 0 Å². The second-order valence-electron chi connectivity index (χ2n) is 6.13. The molecule has 140 valence electrons. The lowest BCUT2D eigenvalue weighted by Crippen LogP contribution is -2.12. The van der Waals surface area contributed by atoms with Crippen LogP contribution in [0.3, 0.4) is 0 Å². The first kappa shape index (κ1) is 18.3. The molecule has 0 aliphatic heterocycles. The van der Waals surface area contributed by atoms with Crippen LogP contribution in [-0.2, 0) is 11.0 Å². The summed E-state index contributed by atoms with van der Waals surface area (Å²) in [6.45, 7) is 1.95. The van der Waals surface area contributed by atoms with Crippen LogP contribution in [0.5, 0.6) is 0 Å². The third-order valence-electron chi connectivity index (χ3n) is 4.07. The molecule has 1 unspecified atom stereocenters. The normalized spacial score (nSPS) is 11.9.